The number of thiophene rings is 1. The van der Waals surface area contributed by atoms with Gasteiger partial charge in [-0.05, 0) is 25.1 Å². The molecule has 0 amide bonds. The Balaban J connectivity index is 1.90. The molecule has 2 aromatic heterocycles. The van der Waals surface area contributed by atoms with Gasteiger partial charge in [0, 0.05) is 43.7 Å². The van der Waals surface area contributed by atoms with Crippen molar-refractivity contribution < 1.29 is 4.74 Å². The normalized spacial score (nSPS) is 11.6. The lowest BCUT2D eigenvalue weighted by Gasteiger charge is -2.10. The zero-order valence-electron chi connectivity index (χ0n) is 15.3. The molecule has 0 fully saturated rings. The number of rotatable bonds is 3. The maximum absolute atomic E-state index is 6.67. The summed E-state index contributed by atoms with van der Waals surface area (Å²) in [6.07, 6.45) is 0. The molecule has 0 aliphatic rings. The summed E-state index contributed by atoms with van der Waals surface area (Å²) in [5.41, 5.74) is 10.9. The van der Waals surface area contributed by atoms with Crippen molar-refractivity contribution in [3.8, 4) is 17.0 Å². The zero-order valence-corrected chi connectivity index (χ0v) is 16.1. The third-order valence-corrected chi connectivity index (χ3v) is 6.51. The number of aromatic nitrogens is 1. The van der Waals surface area contributed by atoms with Crippen LogP contribution in [0.4, 0.5) is 5.69 Å². The molecule has 4 heteroatoms. The van der Waals surface area contributed by atoms with Crippen molar-refractivity contribution in [1.29, 1.82) is 0 Å². The summed E-state index contributed by atoms with van der Waals surface area (Å²) in [4.78, 5) is 0. The molecule has 134 valence electrons. The topological polar surface area (TPSA) is 40.2 Å². The Kier molecular flexibility index (Phi) is 3.62. The second-order valence-corrected chi connectivity index (χ2v) is 7.72. The lowest BCUT2D eigenvalue weighted by atomic mass is 10.1. The van der Waals surface area contributed by atoms with Gasteiger partial charge >= 0.3 is 0 Å². The number of nitrogens with zero attached hydrogens (tertiary/aromatic N) is 1. The minimum atomic E-state index is 0.833. The van der Waals surface area contributed by atoms with Crippen LogP contribution in [0.15, 0.2) is 60.7 Å². The SMILES string of the molecule is CCn1c(-c2cccc3c2sc2ccccc23)c(N)c2ccc(OC)cc21. The van der Waals surface area contributed by atoms with Crippen LogP contribution in [-0.4, -0.2) is 11.7 Å². The Morgan fingerprint density at radius 2 is 1.78 bits per heavy atom. The van der Waals surface area contributed by atoms with Gasteiger partial charge in [0.1, 0.15) is 5.75 Å². The Hall–Kier alpha value is -2.98. The average Bonchev–Trinajstić information content (AvgIpc) is 3.22. The number of aryl methyl sites for hydroxylation is 1. The second kappa shape index (κ2) is 6.03. The highest BCUT2D eigenvalue weighted by molar-refractivity contribution is 7.26. The van der Waals surface area contributed by atoms with E-state index in [1.807, 2.05) is 17.4 Å². The van der Waals surface area contributed by atoms with E-state index < -0.39 is 0 Å². The van der Waals surface area contributed by atoms with Gasteiger partial charge in [0.15, 0.2) is 0 Å². The zero-order chi connectivity index (χ0) is 18.5. The molecule has 0 unspecified atom stereocenters. The predicted octanol–water partition coefficient (Wildman–Crippen LogP) is 6.29. The van der Waals surface area contributed by atoms with E-state index in [0.29, 0.717) is 0 Å². The van der Waals surface area contributed by atoms with Crippen LogP contribution in [-0.2, 0) is 6.54 Å². The van der Waals surface area contributed by atoms with Gasteiger partial charge < -0.3 is 15.0 Å². The molecule has 0 radical (unpaired) electrons. The largest absolute Gasteiger partial charge is 0.497 e. The highest BCUT2D eigenvalue weighted by Gasteiger charge is 2.19. The minimum Gasteiger partial charge on any atom is -0.497 e. The Bertz CT molecular complexity index is 1310. The van der Waals surface area contributed by atoms with Gasteiger partial charge in [-0.2, -0.15) is 0 Å². The number of hydrogen-bond donors (Lipinski definition) is 1. The molecule has 0 spiro atoms. The molecule has 0 aliphatic carbocycles. The molecule has 0 bridgehead atoms. The average molecular weight is 372 g/mol. The third kappa shape index (κ3) is 2.26. The van der Waals surface area contributed by atoms with E-state index in [-0.39, 0.29) is 0 Å². The van der Waals surface area contributed by atoms with Crippen LogP contribution in [0, 0.1) is 0 Å². The summed E-state index contributed by atoms with van der Waals surface area (Å²) >= 11 is 1.84. The fourth-order valence-electron chi connectivity index (χ4n) is 4.04. The summed E-state index contributed by atoms with van der Waals surface area (Å²) in [5.74, 6) is 0.848. The van der Waals surface area contributed by atoms with Gasteiger partial charge in [-0.25, -0.2) is 0 Å². The second-order valence-electron chi connectivity index (χ2n) is 6.67. The predicted molar refractivity (Wildman–Crippen MR) is 117 cm³/mol. The summed E-state index contributed by atoms with van der Waals surface area (Å²) in [6, 6.07) is 21.2. The van der Waals surface area contributed by atoms with Crippen LogP contribution in [0.3, 0.4) is 0 Å². The molecule has 0 saturated carbocycles. The molecular formula is C23H20N2OS. The quantitative estimate of drug-likeness (QED) is 0.404. The Morgan fingerprint density at radius 3 is 2.59 bits per heavy atom. The number of methoxy groups -OCH3 is 1. The number of hydrogen-bond acceptors (Lipinski definition) is 3. The van der Waals surface area contributed by atoms with Crippen molar-refractivity contribution in [2.45, 2.75) is 13.5 Å². The third-order valence-electron chi connectivity index (χ3n) is 5.29. The van der Waals surface area contributed by atoms with Crippen molar-refractivity contribution in [3.63, 3.8) is 0 Å². The molecule has 0 atom stereocenters. The number of anilines is 1. The van der Waals surface area contributed by atoms with E-state index in [1.54, 1.807) is 7.11 Å². The number of fused-ring (bicyclic) bond motifs is 4. The van der Waals surface area contributed by atoms with E-state index >= 15 is 0 Å². The fraction of sp³-hybridized carbons (Fsp3) is 0.130. The molecule has 5 aromatic rings. The van der Waals surface area contributed by atoms with Crippen molar-refractivity contribution in [2.75, 3.05) is 12.8 Å². The van der Waals surface area contributed by atoms with Gasteiger partial charge in [0.05, 0.1) is 24.0 Å². The Morgan fingerprint density at radius 1 is 0.963 bits per heavy atom. The van der Waals surface area contributed by atoms with Crippen LogP contribution >= 0.6 is 11.3 Å². The van der Waals surface area contributed by atoms with Crippen molar-refractivity contribution >= 4 is 48.1 Å². The molecule has 5 rings (SSSR count). The van der Waals surface area contributed by atoms with Crippen LogP contribution in [0.1, 0.15) is 6.92 Å². The van der Waals surface area contributed by atoms with Crippen LogP contribution in [0.25, 0.3) is 42.3 Å². The lowest BCUT2D eigenvalue weighted by Crippen LogP contribution is -1.98. The number of ether oxygens (including phenoxy) is 1. The van der Waals surface area contributed by atoms with Gasteiger partial charge in [-0.3, -0.25) is 0 Å². The van der Waals surface area contributed by atoms with Gasteiger partial charge in [-0.15, -0.1) is 11.3 Å². The maximum atomic E-state index is 6.67. The summed E-state index contributed by atoms with van der Waals surface area (Å²) in [6.45, 7) is 3.00. The van der Waals surface area contributed by atoms with E-state index in [9.17, 15) is 0 Å². The van der Waals surface area contributed by atoms with Crippen molar-refractivity contribution in [2.24, 2.45) is 0 Å². The van der Waals surface area contributed by atoms with Gasteiger partial charge in [0.25, 0.3) is 0 Å². The molecular weight excluding hydrogens is 352 g/mol. The first-order chi connectivity index (χ1) is 13.2. The van der Waals surface area contributed by atoms with Crippen LogP contribution in [0.2, 0.25) is 0 Å². The first-order valence-electron chi connectivity index (χ1n) is 9.09. The van der Waals surface area contributed by atoms with Crippen molar-refractivity contribution in [1.82, 2.24) is 4.57 Å². The molecule has 0 aliphatic heterocycles. The summed E-state index contributed by atoms with van der Waals surface area (Å²) in [5, 5.41) is 3.67. The number of benzene rings is 3. The smallest absolute Gasteiger partial charge is 0.120 e. The van der Waals surface area contributed by atoms with E-state index in [1.165, 1.54) is 25.7 Å². The van der Waals surface area contributed by atoms with Crippen molar-refractivity contribution in [3.05, 3.63) is 60.7 Å². The molecule has 3 aromatic carbocycles. The first-order valence-corrected chi connectivity index (χ1v) is 9.91. The highest BCUT2D eigenvalue weighted by atomic mass is 32.1. The molecule has 27 heavy (non-hydrogen) atoms. The van der Waals surface area contributed by atoms with Crippen LogP contribution in [0.5, 0.6) is 5.75 Å². The standard InChI is InChI=1S/C23H20N2OS/c1-3-25-19-13-14(26-2)11-12-17(19)21(24)22(25)18-9-6-8-16-15-7-4-5-10-20(15)27-23(16)18/h4-13H,3,24H2,1-2H3. The summed E-state index contributed by atoms with van der Waals surface area (Å²) < 4.78 is 10.3. The molecule has 0 saturated heterocycles. The monoisotopic (exact) mass is 372 g/mol. The Labute approximate surface area is 161 Å². The number of nitrogen functional groups attached to an aromatic ring is 1. The summed E-state index contributed by atoms with van der Waals surface area (Å²) in [7, 11) is 1.70. The minimum absolute atomic E-state index is 0.833. The molecule has 3 nitrogen and oxygen atoms in total. The highest BCUT2D eigenvalue weighted by Crippen LogP contribution is 2.44. The van der Waals surface area contributed by atoms with Crippen LogP contribution < -0.4 is 10.5 Å². The maximum Gasteiger partial charge on any atom is 0.120 e. The lowest BCUT2D eigenvalue weighted by molar-refractivity contribution is 0.415. The van der Waals surface area contributed by atoms with E-state index in [4.69, 9.17) is 10.5 Å². The van der Waals surface area contributed by atoms with E-state index in [2.05, 4.69) is 66.1 Å². The fourth-order valence-corrected chi connectivity index (χ4v) is 5.25. The number of nitrogens with two attached hydrogens (primary N) is 1. The molecule has 2 heterocycles. The first kappa shape index (κ1) is 16.2. The molecule has 2 N–H and O–H groups in total. The van der Waals surface area contributed by atoms with E-state index in [0.717, 1.165) is 34.6 Å². The van der Waals surface area contributed by atoms with Gasteiger partial charge in [0.2, 0.25) is 0 Å². The van der Waals surface area contributed by atoms with Gasteiger partial charge in [-0.1, -0.05) is 36.4 Å².